The van der Waals surface area contributed by atoms with Gasteiger partial charge >= 0.3 is 0 Å². The first kappa shape index (κ1) is 18.4. The summed E-state index contributed by atoms with van der Waals surface area (Å²) < 4.78 is 5.46. The zero-order valence-corrected chi connectivity index (χ0v) is 14.5. The van der Waals surface area contributed by atoms with E-state index in [1.165, 1.54) is 0 Å². The lowest BCUT2D eigenvalue weighted by atomic mass is 10.2. The average molecular weight is 323 g/mol. The Morgan fingerprint density at radius 2 is 1.91 bits per heavy atom. The van der Waals surface area contributed by atoms with Crippen molar-refractivity contribution >= 4 is 28.9 Å². The third-order valence-electron chi connectivity index (χ3n) is 2.85. The fraction of sp³-hybridized carbons (Fsp3) is 0.500. The number of hydrogen-bond donors (Lipinski definition) is 2. The van der Waals surface area contributed by atoms with Gasteiger partial charge in [0.05, 0.1) is 6.10 Å². The lowest BCUT2D eigenvalue weighted by molar-refractivity contribution is 0.0777. The number of carbonyl (C=O) groups excluding carboxylic acids is 1. The highest BCUT2D eigenvalue weighted by atomic mass is 32.1. The maximum Gasteiger partial charge on any atom is 0.253 e. The third kappa shape index (κ3) is 6.87. The Balaban J connectivity index is 2.34. The summed E-state index contributed by atoms with van der Waals surface area (Å²) in [5.74, 6) is -0.0163. The highest BCUT2D eigenvalue weighted by Crippen LogP contribution is 2.10. The van der Waals surface area contributed by atoms with Crippen LogP contribution in [0.15, 0.2) is 24.3 Å². The fourth-order valence-corrected chi connectivity index (χ4v) is 1.94. The minimum Gasteiger partial charge on any atom is -0.379 e. The van der Waals surface area contributed by atoms with Gasteiger partial charge in [-0.15, -0.1) is 0 Å². The van der Waals surface area contributed by atoms with Crippen LogP contribution in [-0.2, 0) is 4.74 Å². The first-order chi connectivity index (χ1) is 10.4. The lowest BCUT2D eigenvalue weighted by Gasteiger charge is -2.13. The number of carbonyl (C=O) groups is 1. The molecule has 0 aliphatic heterocycles. The highest BCUT2D eigenvalue weighted by molar-refractivity contribution is 7.80. The van der Waals surface area contributed by atoms with Gasteiger partial charge in [0.15, 0.2) is 5.11 Å². The van der Waals surface area contributed by atoms with E-state index in [9.17, 15) is 4.79 Å². The van der Waals surface area contributed by atoms with Gasteiger partial charge < -0.3 is 20.3 Å². The molecule has 5 nitrogen and oxygen atoms in total. The maximum atomic E-state index is 11.8. The van der Waals surface area contributed by atoms with E-state index in [-0.39, 0.29) is 12.0 Å². The molecule has 1 aromatic carbocycles. The number of rotatable bonds is 7. The van der Waals surface area contributed by atoms with Crippen molar-refractivity contribution in [2.24, 2.45) is 0 Å². The van der Waals surface area contributed by atoms with Crippen LogP contribution in [0.2, 0.25) is 0 Å². The minimum atomic E-state index is -0.0163. The first-order valence-electron chi connectivity index (χ1n) is 7.38. The topological polar surface area (TPSA) is 53.6 Å². The zero-order valence-electron chi connectivity index (χ0n) is 13.7. The van der Waals surface area contributed by atoms with Crippen LogP contribution in [0.25, 0.3) is 0 Å². The van der Waals surface area contributed by atoms with Crippen molar-refractivity contribution in [3.05, 3.63) is 29.8 Å². The summed E-state index contributed by atoms with van der Waals surface area (Å²) in [6, 6.07) is 7.24. The predicted molar refractivity (Wildman–Crippen MR) is 94.4 cm³/mol. The summed E-state index contributed by atoms with van der Waals surface area (Å²) in [4.78, 5) is 13.3. The predicted octanol–water partition coefficient (Wildman–Crippen LogP) is 2.49. The van der Waals surface area contributed by atoms with Crippen LogP contribution in [0.4, 0.5) is 5.69 Å². The summed E-state index contributed by atoms with van der Waals surface area (Å²) in [5, 5.41) is 6.78. The van der Waals surface area contributed by atoms with Crippen molar-refractivity contribution < 1.29 is 9.53 Å². The molecule has 0 aromatic heterocycles. The molecule has 0 aliphatic rings. The van der Waals surface area contributed by atoms with Crippen molar-refractivity contribution in [3.8, 4) is 0 Å². The molecule has 1 aromatic rings. The molecule has 1 amide bonds. The summed E-state index contributed by atoms with van der Waals surface area (Å²) in [6.45, 7) is 5.51. The van der Waals surface area contributed by atoms with Gasteiger partial charge in [0.1, 0.15) is 0 Å². The van der Waals surface area contributed by atoms with E-state index in [1.807, 2.05) is 26.0 Å². The molecule has 0 fully saturated rings. The van der Waals surface area contributed by atoms with Gasteiger partial charge in [-0.05, 0) is 56.8 Å². The molecular formula is C16H25N3O2S. The van der Waals surface area contributed by atoms with Gasteiger partial charge in [-0.2, -0.15) is 0 Å². The van der Waals surface area contributed by atoms with Crippen molar-refractivity contribution in [2.45, 2.75) is 26.4 Å². The molecule has 0 saturated carbocycles. The van der Waals surface area contributed by atoms with Crippen LogP contribution in [-0.4, -0.2) is 49.3 Å². The summed E-state index contributed by atoms with van der Waals surface area (Å²) >= 11 is 5.22. The second-order valence-electron chi connectivity index (χ2n) is 5.43. The average Bonchev–Trinajstić information content (AvgIpc) is 2.46. The number of amides is 1. The molecule has 0 atom stereocenters. The van der Waals surface area contributed by atoms with E-state index in [0.717, 1.165) is 18.7 Å². The number of hydrogen-bond acceptors (Lipinski definition) is 3. The van der Waals surface area contributed by atoms with Crippen molar-refractivity contribution in [1.29, 1.82) is 0 Å². The molecule has 1 rings (SSSR count). The second-order valence-corrected chi connectivity index (χ2v) is 5.84. The number of thiocarbonyl (C=S) groups is 1. The number of nitrogens with one attached hydrogen (secondary N) is 2. The molecular weight excluding hydrogens is 298 g/mol. The van der Waals surface area contributed by atoms with Crippen molar-refractivity contribution in [1.82, 2.24) is 10.2 Å². The van der Waals surface area contributed by atoms with Gasteiger partial charge in [-0.3, -0.25) is 4.79 Å². The van der Waals surface area contributed by atoms with E-state index >= 15 is 0 Å². The van der Waals surface area contributed by atoms with E-state index in [0.29, 0.717) is 17.3 Å². The largest absolute Gasteiger partial charge is 0.379 e. The molecule has 2 N–H and O–H groups in total. The Hall–Kier alpha value is -1.66. The highest BCUT2D eigenvalue weighted by Gasteiger charge is 2.07. The molecule has 0 spiro atoms. The minimum absolute atomic E-state index is 0.0163. The molecule has 0 bridgehead atoms. The van der Waals surface area contributed by atoms with Crippen LogP contribution in [0.3, 0.4) is 0 Å². The van der Waals surface area contributed by atoms with E-state index in [2.05, 4.69) is 10.6 Å². The van der Waals surface area contributed by atoms with Crippen LogP contribution in [0, 0.1) is 0 Å². The molecule has 0 saturated heterocycles. The van der Waals surface area contributed by atoms with E-state index < -0.39 is 0 Å². The Morgan fingerprint density at radius 1 is 1.27 bits per heavy atom. The van der Waals surface area contributed by atoms with Crippen LogP contribution in [0.5, 0.6) is 0 Å². The standard InChI is InChI=1S/C16H25N3O2S/c1-12(2)21-11-5-10-17-16(22)18-14-8-6-13(7-9-14)15(20)19(3)4/h6-9,12H,5,10-11H2,1-4H3,(H2,17,18,22). The number of ether oxygens (including phenoxy) is 1. The molecule has 0 radical (unpaired) electrons. The Labute approximate surface area is 138 Å². The molecule has 6 heteroatoms. The van der Waals surface area contributed by atoms with Gasteiger partial charge in [-0.25, -0.2) is 0 Å². The molecule has 0 unspecified atom stereocenters. The Kier molecular flexibility index (Phi) is 7.84. The van der Waals surface area contributed by atoms with E-state index in [4.69, 9.17) is 17.0 Å². The second kappa shape index (κ2) is 9.38. The van der Waals surface area contributed by atoms with Crippen molar-refractivity contribution in [2.75, 3.05) is 32.6 Å². The summed E-state index contributed by atoms with van der Waals surface area (Å²) in [7, 11) is 3.47. The van der Waals surface area contributed by atoms with Gasteiger partial charge in [0.2, 0.25) is 0 Å². The lowest BCUT2D eigenvalue weighted by Crippen LogP contribution is -2.30. The fourth-order valence-electron chi connectivity index (χ4n) is 1.72. The Bertz CT molecular complexity index is 487. The third-order valence-corrected chi connectivity index (χ3v) is 3.10. The smallest absolute Gasteiger partial charge is 0.253 e. The maximum absolute atomic E-state index is 11.8. The SMILES string of the molecule is CC(C)OCCCNC(=S)Nc1ccc(C(=O)N(C)C)cc1. The Morgan fingerprint density at radius 3 is 2.45 bits per heavy atom. The summed E-state index contributed by atoms with van der Waals surface area (Å²) in [6.07, 6.45) is 1.16. The van der Waals surface area contributed by atoms with Crippen LogP contribution in [0.1, 0.15) is 30.6 Å². The number of benzene rings is 1. The normalized spacial score (nSPS) is 10.4. The van der Waals surface area contributed by atoms with E-state index in [1.54, 1.807) is 31.1 Å². The molecule has 122 valence electrons. The van der Waals surface area contributed by atoms with Crippen LogP contribution >= 0.6 is 12.2 Å². The number of anilines is 1. The molecule has 0 heterocycles. The number of nitrogens with zero attached hydrogens (tertiary/aromatic N) is 1. The quantitative estimate of drug-likeness (QED) is 0.596. The first-order valence-corrected chi connectivity index (χ1v) is 7.79. The van der Waals surface area contributed by atoms with Gasteiger partial charge in [0.25, 0.3) is 5.91 Å². The van der Waals surface area contributed by atoms with Crippen LogP contribution < -0.4 is 10.6 Å². The van der Waals surface area contributed by atoms with Gasteiger partial charge in [-0.1, -0.05) is 0 Å². The molecule has 0 aliphatic carbocycles. The monoisotopic (exact) mass is 323 g/mol. The molecule has 22 heavy (non-hydrogen) atoms. The van der Waals surface area contributed by atoms with Crippen molar-refractivity contribution in [3.63, 3.8) is 0 Å². The zero-order chi connectivity index (χ0) is 16.5. The van der Waals surface area contributed by atoms with Gasteiger partial charge in [0, 0.05) is 38.5 Å². The summed E-state index contributed by atoms with van der Waals surface area (Å²) in [5.41, 5.74) is 1.51.